The molecular weight excluding hydrogens is 315 g/mol. The Morgan fingerprint density at radius 2 is 2.15 bits per heavy atom. The van der Waals surface area contributed by atoms with Crippen molar-refractivity contribution in [3.05, 3.63) is 49.9 Å². The maximum atomic E-state index is 11.8. The van der Waals surface area contributed by atoms with Gasteiger partial charge in [0.2, 0.25) is 5.91 Å². The molecule has 3 nitrogen and oxygen atoms in total. The Bertz CT molecular complexity index is 613. The first-order chi connectivity index (χ1) is 9.54. The second kappa shape index (κ2) is 7.07. The van der Waals surface area contributed by atoms with Gasteiger partial charge >= 0.3 is 0 Å². The van der Waals surface area contributed by atoms with Crippen molar-refractivity contribution in [3.63, 3.8) is 0 Å². The van der Waals surface area contributed by atoms with Gasteiger partial charge in [-0.05, 0) is 24.6 Å². The number of thiazole rings is 1. The van der Waals surface area contributed by atoms with Crippen LogP contribution in [0.25, 0.3) is 0 Å². The number of aromatic nitrogens is 1. The molecule has 106 valence electrons. The van der Waals surface area contributed by atoms with Crippen molar-refractivity contribution in [1.82, 2.24) is 10.3 Å². The first-order valence-corrected chi connectivity index (χ1v) is 7.80. The van der Waals surface area contributed by atoms with Crippen LogP contribution in [-0.2, 0) is 17.6 Å². The lowest BCUT2D eigenvalue weighted by Gasteiger charge is -2.05. The van der Waals surface area contributed by atoms with E-state index in [0.29, 0.717) is 23.0 Å². The smallest absolute Gasteiger partial charge is 0.224 e. The van der Waals surface area contributed by atoms with E-state index in [-0.39, 0.29) is 5.91 Å². The molecular formula is C14H14Cl2N2OS. The molecule has 0 radical (unpaired) electrons. The summed E-state index contributed by atoms with van der Waals surface area (Å²) in [6, 6.07) is 5.22. The van der Waals surface area contributed by atoms with Gasteiger partial charge in [-0.15, -0.1) is 11.3 Å². The van der Waals surface area contributed by atoms with Crippen molar-refractivity contribution in [2.45, 2.75) is 19.8 Å². The van der Waals surface area contributed by atoms with Gasteiger partial charge in [0, 0.05) is 18.3 Å². The van der Waals surface area contributed by atoms with Crippen LogP contribution in [0.15, 0.2) is 23.6 Å². The molecule has 0 aliphatic carbocycles. The standard InChI is InChI=1S/C14H14Cl2N2OS/c1-9-18-11(8-20-9)4-5-17-14(19)7-10-2-3-12(15)13(16)6-10/h2-3,6,8H,4-5,7H2,1H3,(H,17,19). The number of halogens is 2. The predicted octanol–water partition coefficient (Wildman–Crippen LogP) is 3.66. The molecule has 0 fully saturated rings. The minimum absolute atomic E-state index is 0.0321. The summed E-state index contributed by atoms with van der Waals surface area (Å²) < 4.78 is 0. The van der Waals surface area contributed by atoms with Gasteiger partial charge < -0.3 is 5.32 Å². The van der Waals surface area contributed by atoms with Crippen LogP contribution in [0.1, 0.15) is 16.3 Å². The molecule has 0 aliphatic rings. The van der Waals surface area contributed by atoms with Crippen molar-refractivity contribution < 1.29 is 4.79 Å². The topological polar surface area (TPSA) is 42.0 Å². The van der Waals surface area contributed by atoms with Crippen LogP contribution in [0, 0.1) is 6.92 Å². The van der Waals surface area contributed by atoms with E-state index in [1.54, 1.807) is 29.5 Å². The Hall–Kier alpha value is -1.10. The van der Waals surface area contributed by atoms with Gasteiger partial charge in [-0.3, -0.25) is 4.79 Å². The van der Waals surface area contributed by atoms with Gasteiger partial charge in [-0.25, -0.2) is 4.98 Å². The average Bonchev–Trinajstić information content (AvgIpc) is 2.80. The lowest BCUT2D eigenvalue weighted by molar-refractivity contribution is -0.120. The highest BCUT2D eigenvalue weighted by Crippen LogP contribution is 2.22. The molecule has 2 rings (SSSR count). The van der Waals surface area contributed by atoms with Crippen LogP contribution in [0.5, 0.6) is 0 Å². The van der Waals surface area contributed by atoms with Crippen molar-refractivity contribution in [2.24, 2.45) is 0 Å². The summed E-state index contributed by atoms with van der Waals surface area (Å²) in [5.41, 5.74) is 1.86. The van der Waals surface area contributed by atoms with E-state index in [9.17, 15) is 4.79 Å². The zero-order chi connectivity index (χ0) is 14.5. The van der Waals surface area contributed by atoms with Gasteiger partial charge in [-0.2, -0.15) is 0 Å². The van der Waals surface area contributed by atoms with Crippen LogP contribution in [-0.4, -0.2) is 17.4 Å². The van der Waals surface area contributed by atoms with Crippen LogP contribution >= 0.6 is 34.5 Å². The highest BCUT2D eigenvalue weighted by atomic mass is 35.5. The van der Waals surface area contributed by atoms with Gasteiger partial charge in [0.1, 0.15) is 0 Å². The maximum Gasteiger partial charge on any atom is 0.224 e. The van der Waals surface area contributed by atoms with Crippen LogP contribution in [0.2, 0.25) is 10.0 Å². The summed E-state index contributed by atoms with van der Waals surface area (Å²) in [5.74, 6) is -0.0321. The Balaban J connectivity index is 1.79. The zero-order valence-electron chi connectivity index (χ0n) is 11.0. The molecule has 0 unspecified atom stereocenters. The summed E-state index contributed by atoms with van der Waals surface area (Å²) in [7, 11) is 0. The van der Waals surface area contributed by atoms with Gasteiger partial charge in [-0.1, -0.05) is 29.3 Å². The van der Waals surface area contributed by atoms with Gasteiger partial charge in [0.15, 0.2) is 0 Å². The number of amides is 1. The SMILES string of the molecule is Cc1nc(CCNC(=O)Cc2ccc(Cl)c(Cl)c2)cs1. The minimum Gasteiger partial charge on any atom is -0.355 e. The van der Waals surface area contributed by atoms with Gasteiger partial charge in [0.25, 0.3) is 0 Å². The normalized spacial score (nSPS) is 10.6. The van der Waals surface area contributed by atoms with E-state index in [2.05, 4.69) is 10.3 Å². The highest BCUT2D eigenvalue weighted by molar-refractivity contribution is 7.09. The summed E-state index contributed by atoms with van der Waals surface area (Å²) in [6.07, 6.45) is 1.05. The minimum atomic E-state index is -0.0321. The highest BCUT2D eigenvalue weighted by Gasteiger charge is 2.06. The molecule has 1 aromatic carbocycles. The molecule has 1 heterocycles. The number of benzene rings is 1. The van der Waals surface area contributed by atoms with E-state index in [0.717, 1.165) is 22.7 Å². The van der Waals surface area contributed by atoms with E-state index in [1.807, 2.05) is 12.3 Å². The van der Waals surface area contributed by atoms with E-state index < -0.39 is 0 Å². The van der Waals surface area contributed by atoms with Crippen molar-refractivity contribution in [2.75, 3.05) is 6.54 Å². The Kier molecular flexibility index (Phi) is 5.40. The third-order valence-electron chi connectivity index (χ3n) is 2.72. The molecule has 1 amide bonds. The molecule has 0 aliphatic heterocycles. The fraction of sp³-hybridized carbons (Fsp3) is 0.286. The largest absolute Gasteiger partial charge is 0.355 e. The lowest BCUT2D eigenvalue weighted by atomic mass is 10.1. The Labute approximate surface area is 131 Å². The Morgan fingerprint density at radius 3 is 2.80 bits per heavy atom. The number of nitrogens with one attached hydrogen (secondary N) is 1. The maximum absolute atomic E-state index is 11.8. The molecule has 1 N–H and O–H groups in total. The summed E-state index contributed by atoms with van der Waals surface area (Å²) in [4.78, 5) is 16.1. The molecule has 0 atom stereocenters. The molecule has 2 aromatic rings. The summed E-state index contributed by atoms with van der Waals surface area (Å²) in [5, 5.41) is 6.89. The number of rotatable bonds is 5. The number of hydrogen-bond acceptors (Lipinski definition) is 3. The fourth-order valence-corrected chi connectivity index (χ4v) is 2.72. The number of nitrogens with zero attached hydrogens (tertiary/aromatic N) is 1. The first-order valence-electron chi connectivity index (χ1n) is 6.16. The predicted molar refractivity (Wildman–Crippen MR) is 83.7 cm³/mol. The molecule has 0 saturated heterocycles. The monoisotopic (exact) mass is 328 g/mol. The van der Waals surface area contributed by atoms with Crippen molar-refractivity contribution >= 4 is 40.4 Å². The quantitative estimate of drug-likeness (QED) is 0.910. The molecule has 20 heavy (non-hydrogen) atoms. The molecule has 0 bridgehead atoms. The van der Waals surface area contributed by atoms with Crippen molar-refractivity contribution in [3.8, 4) is 0 Å². The molecule has 0 saturated carbocycles. The third-order valence-corrected chi connectivity index (χ3v) is 4.28. The van der Waals surface area contributed by atoms with E-state index in [4.69, 9.17) is 23.2 Å². The summed E-state index contributed by atoms with van der Waals surface area (Å²) >= 11 is 13.4. The van der Waals surface area contributed by atoms with E-state index >= 15 is 0 Å². The van der Waals surface area contributed by atoms with Gasteiger partial charge in [0.05, 0.1) is 27.2 Å². The van der Waals surface area contributed by atoms with E-state index in [1.165, 1.54) is 0 Å². The fourth-order valence-electron chi connectivity index (χ4n) is 1.75. The number of hydrogen-bond donors (Lipinski definition) is 1. The summed E-state index contributed by atoms with van der Waals surface area (Å²) in [6.45, 7) is 2.56. The molecule has 6 heteroatoms. The first kappa shape index (κ1) is 15.3. The third kappa shape index (κ3) is 4.47. The van der Waals surface area contributed by atoms with Crippen LogP contribution in [0.4, 0.5) is 0 Å². The second-order valence-corrected chi connectivity index (χ2v) is 6.26. The Morgan fingerprint density at radius 1 is 1.35 bits per heavy atom. The molecule has 0 spiro atoms. The molecule has 1 aromatic heterocycles. The number of carbonyl (C=O) groups is 1. The average molecular weight is 329 g/mol. The number of aryl methyl sites for hydroxylation is 1. The second-order valence-electron chi connectivity index (χ2n) is 4.38. The van der Waals surface area contributed by atoms with Crippen LogP contribution < -0.4 is 5.32 Å². The van der Waals surface area contributed by atoms with Crippen molar-refractivity contribution in [1.29, 1.82) is 0 Å². The van der Waals surface area contributed by atoms with Crippen LogP contribution in [0.3, 0.4) is 0 Å². The lowest BCUT2D eigenvalue weighted by Crippen LogP contribution is -2.27. The number of carbonyl (C=O) groups excluding carboxylic acids is 1. The zero-order valence-corrected chi connectivity index (χ0v) is 13.3.